The van der Waals surface area contributed by atoms with Crippen LogP contribution < -0.4 is 10.1 Å². The predicted molar refractivity (Wildman–Crippen MR) is 132 cm³/mol. The van der Waals surface area contributed by atoms with Crippen molar-refractivity contribution in [3.63, 3.8) is 0 Å². The Morgan fingerprint density at radius 2 is 1.79 bits per heavy atom. The lowest BCUT2D eigenvalue weighted by atomic mass is 9.87. The van der Waals surface area contributed by atoms with E-state index in [0.717, 1.165) is 28.2 Å². The Bertz CT molecular complexity index is 1240. The number of rotatable bonds is 7. The van der Waals surface area contributed by atoms with Crippen molar-refractivity contribution in [2.24, 2.45) is 0 Å². The first-order valence-corrected chi connectivity index (χ1v) is 11.3. The second-order valence-corrected chi connectivity index (χ2v) is 9.20. The third-order valence-electron chi connectivity index (χ3n) is 5.53. The summed E-state index contributed by atoms with van der Waals surface area (Å²) in [6.07, 6.45) is 2.68. The molecule has 4 aromatic rings. The molecule has 6 nitrogen and oxygen atoms in total. The van der Waals surface area contributed by atoms with Gasteiger partial charge in [0, 0.05) is 11.8 Å². The van der Waals surface area contributed by atoms with E-state index in [1.54, 1.807) is 6.20 Å². The minimum atomic E-state index is -0.0593. The third-order valence-corrected chi connectivity index (χ3v) is 5.53. The van der Waals surface area contributed by atoms with Crippen molar-refractivity contribution in [1.29, 1.82) is 0 Å². The zero-order valence-corrected chi connectivity index (χ0v) is 19.6. The molecule has 0 radical (unpaired) electrons. The average molecular weight is 443 g/mol. The molecule has 4 rings (SSSR count). The van der Waals surface area contributed by atoms with Crippen LogP contribution in [0.5, 0.6) is 5.75 Å². The summed E-state index contributed by atoms with van der Waals surface area (Å²) in [5, 5.41) is 8.47. The zero-order valence-electron chi connectivity index (χ0n) is 19.6. The summed E-state index contributed by atoms with van der Waals surface area (Å²) in [5.74, 6) is 0.764. The largest absolute Gasteiger partial charge is 0.494 e. The third kappa shape index (κ3) is 5.40. The van der Waals surface area contributed by atoms with Gasteiger partial charge in [-0.15, -0.1) is 0 Å². The van der Waals surface area contributed by atoms with Gasteiger partial charge in [-0.1, -0.05) is 51.1 Å². The molecule has 170 valence electrons. The molecule has 0 bridgehead atoms. The lowest BCUT2D eigenvalue weighted by molar-refractivity contribution is -0.116. The minimum absolute atomic E-state index is 0.0593. The van der Waals surface area contributed by atoms with Gasteiger partial charge in [-0.25, -0.2) is 9.67 Å². The number of carbonyl (C=O) groups excluding carboxylic acids is 1. The molecule has 2 aromatic heterocycles. The summed E-state index contributed by atoms with van der Waals surface area (Å²) < 4.78 is 7.61. The number of ether oxygens (including phenoxy) is 1. The minimum Gasteiger partial charge on any atom is -0.494 e. The Hall–Kier alpha value is -3.67. The standard InChI is InChI=1S/C27H30N4O2/c1-19-24-17-21(18-28-26(24)31(30-19)22-9-6-5-7-10-22)29-25(32)11-8-16-33-23-14-12-20(13-15-23)27(2,3)4/h5-7,9-10,12-15,17-18H,8,11,16H2,1-4H3,(H,29,32). The van der Waals surface area contributed by atoms with Crippen LogP contribution in [-0.2, 0) is 10.2 Å². The molecule has 33 heavy (non-hydrogen) atoms. The van der Waals surface area contributed by atoms with Crippen LogP contribution in [0.1, 0.15) is 44.9 Å². The Labute approximate surface area is 194 Å². The highest BCUT2D eigenvalue weighted by atomic mass is 16.5. The Kier molecular flexibility index (Phi) is 6.45. The highest BCUT2D eigenvalue weighted by Crippen LogP contribution is 2.25. The molecule has 1 amide bonds. The number of pyridine rings is 1. The molecule has 0 aliphatic rings. The van der Waals surface area contributed by atoms with E-state index in [9.17, 15) is 4.79 Å². The van der Waals surface area contributed by atoms with Crippen LogP contribution in [0.4, 0.5) is 5.69 Å². The normalized spacial score (nSPS) is 11.5. The number of hydrogen-bond acceptors (Lipinski definition) is 4. The number of amides is 1. The Morgan fingerprint density at radius 1 is 1.06 bits per heavy atom. The van der Waals surface area contributed by atoms with Gasteiger partial charge in [0.15, 0.2) is 5.65 Å². The highest BCUT2D eigenvalue weighted by molar-refractivity contribution is 5.93. The van der Waals surface area contributed by atoms with Crippen molar-refractivity contribution >= 4 is 22.6 Å². The number of anilines is 1. The second-order valence-electron chi connectivity index (χ2n) is 9.20. The lowest BCUT2D eigenvalue weighted by Crippen LogP contribution is -2.13. The van der Waals surface area contributed by atoms with Gasteiger partial charge in [-0.05, 0) is 54.7 Å². The monoisotopic (exact) mass is 442 g/mol. The number of fused-ring (bicyclic) bond motifs is 1. The van der Waals surface area contributed by atoms with Gasteiger partial charge in [0.2, 0.25) is 5.91 Å². The summed E-state index contributed by atoms with van der Waals surface area (Å²) in [6.45, 7) is 8.99. The Balaban J connectivity index is 1.31. The number of nitrogens with one attached hydrogen (secondary N) is 1. The molecule has 0 atom stereocenters. The number of hydrogen-bond donors (Lipinski definition) is 1. The Morgan fingerprint density at radius 3 is 2.48 bits per heavy atom. The number of benzene rings is 2. The maximum Gasteiger partial charge on any atom is 0.224 e. The number of para-hydroxylation sites is 1. The molecule has 0 saturated carbocycles. The molecule has 0 aliphatic carbocycles. The number of aromatic nitrogens is 3. The number of carbonyl (C=O) groups is 1. The van der Waals surface area contributed by atoms with Crippen molar-refractivity contribution in [1.82, 2.24) is 14.8 Å². The van der Waals surface area contributed by atoms with Crippen LogP contribution >= 0.6 is 0 Å². The van der Waals surface area contributed by atoms with Crippen LogP contribution in [0.3, 0.4) is 0 Å². The van der Waals surface area contributed by atoms with Crippen molar-refractivity contribution in [3.8, 4) is 11.4 Å². The fourth-order valence-electron chi connectivity index (χ4n) is 3.66. The molecule has 2 heterocycles. The van der Waals surface area contributed by atoms with Crippen LogP contribution in [0, 0.1) is 6.92 Å². The summed E-state index contributed by atoms with van der Waals surface area (Å²) in [6, 6.07) is 20.0. The van der Waals surface area contributed by atoms with Gasteiger partial charge >= 0.3 is 0 Å². The maximum atomic E-state index is 12.4. The molecular weight excluding hydrogens is 412 g/mol. The summed E-state index contributed by atoms with van der Waals surface area (Å²) in [5.41, 5.74) is 4.64. The number of nitrogens with zero attached hydrogens (tertiary/aromatic N) is 3. The molecule has 1 N–H and O–H groups in total. The van der Waals surface area contributed by atoms with E-state index in [4.69, 9.17) is 4.74 Å². The SMILES string of the molecule is Cc1nn(-c2ccccc2)c2ncc(NC(=O)CCCOc3ccc(C(C)(C)C)cc3)cc12. The maximum absolute atomic E-state index is 12.4. The van der Waals surface area contributed by atoms with Crippen molar-refractivity contribution < 1.29 is 9.53 Å². The van der Waals surface area contributed by atoms with E-state index in [2.05, 4.69) is 48.3 Å². The average Bonchev–Trinajstić information content (AvgIpc) is 3.13. The van der Waals surface area contributed by atoms with Gasteiger partial charge in [-0.2, -0.15) is 5.10 Å². The first-order valence-electron chi connectivity index (χ1n) is 11.3. The van der Waals surface area contributed by atoms with E-state index in [-0.39, 0.29) is 11.3 Å². The molecule has 0 saturated heterocycles. The van der Waals surface area contributed by atoms with Crippen LogP contribution in [0.2, 0.25) is 0 Å². The second kappa shape index (κ2) is 9.45. The summed E-state index contributed by atoms with van der Waals surface area (Å²) in [7, 11) is 0. The quantitative estimate of drug-likeness (QED) is 0.366. The predicted octanol–water partition coefficient (Wildman–Crippen LogP) is 5.82. The van der Waals surface area contributed by atoms with Crippen LogP contribution in [0.15, 0.2) is 66.9 Å². The van der Waals surface area contributed by atoms with E-state index < -0.39 is 0 Å². The first kappa shape index (κ1) is 22.5. The molecule has 0 unspecified atom stereocenters. The van der Waals surface area contributed by atoms with Crippen molar-refractivity contribution in [3.05, 3.63) is 78.1 Å². The summed E-state index contributed by atoms with van der Waals surface area (Å²) in [4.78, 5) is 17.0. The highest BCUT2D eigenvalue weighted by Gasteiger charge is 2.14. The van der Waals surface area contributed by atoms with Crippen LogP contribution in [0.25, 0.3) is 16.7 Å². The van der Waals surface area contributed by atoms with Crippen molar-refractivity contribution in [2.45, 2.75) is 46.0 Å². The molecule has 6 heteroatoms. The zero-order chi connectivity index (χ0) is 23.4. The van der Waals surface area contributed by atoms with Gasteiger partial charge in [-0.3, -0.25) is 4.79 Å². The topological polar surface area (TPSA) is 69.0 Å². The van der Waals surface area contributed by atoms with Crippen LogP contribution in [-0.4, -0.2) is 27.3 Å². The van der Waals surface area contributed by atoms with Gasteiger partial charge < -0.3 is 10.1 Å². The van der Waals surface area contributed by atoms with Crippen molar-refractivity contribution in [2.75, 3.05) is 11.9 Å². The fourth-order valence-corrected chi connectivity index (χ4v) is 3.66. The van der Waals surface area contributed by atoms with E-state index >= 15 is 0 Å². The van der Waals surface area contributed by atoms with E-state index in [1.165, 1.54) is 5.56 Å². The lowest BCUT2D eigenvalue weighted by Gasteiger charge is -2.19. The molecule has 0 aliphatic heterocycles. The van der Waals surface area contributed by atoms with Gasteiger partial charge in [0.25, 0.3) is 0 Å². The van der Waals surface area contributed by atoms with E-state index in [1.807, 2.05) is 60.1 Å². The molecular formula is C27H30N4O2. The van der Waals surface area contributed by atoms with Gasteiger partial charge in [0.05, 0.1) is 29.9 Å². The smallest absolute Gasteiger partial charge is 0.224 e. The fraction of sp³-hybridized carbons (Fsp3) is 0.296. The molecule has 2 aromatic carbocycles. The molecule has 0 fully saturated rings. The van der Waals surface area contributed by atoms with E-state index in [0.29, 0.717) is 25.1 Å². The number of aryl methyl sites for hydroxylation is 1. The molecule has 0 spiro atoms. The first-order chi connectivity index (χ1) is 15.8. The summed E-state index contributed by atoms with van der Waals surface area (Å²) >= 11 is 0. The van der Waals surface area contributed by atoms with Gasteiger partial charge in [0.1, 0.15) is 5.75 Å².